The van der Waals surface area contributed by atoms with Crippen LogP contribution in [-0.4, -0.2) is 36.2 Å². The molecule has 6 heteroatoms. The van der Waals surface area contributed by atoms with Crippen LogP contribution in [-0.2, 0) is 0 Å². The maximum absolute atomic E-state index is 12.6. The summed E-state index contributed by atoms with van der Waals surface area (Å²) in [5.41, 5.74) is 1.53. The molecular formula is C21H20N2O4. The fourth-order valence-electron chi connectivity index (χ4n) is 3.33. The van der Waals surface area contributed by atoms with Crippen LogP contribution in [0.3, 0.4) is 0 Å². The first-order valence-corrected chi connectivity index (χ1v) is 8.95. The van der Waals surface area contributed by atoms with E-state index in [1.165, 1.54) is 0 Å². The maximum Gasteiger partial charge on any atom is 0.344 e. The lowest BCUT2D eigenvalue weighted by Gasteiger charge is -2.29. The highest BCUT2D eigenvalue weighted by atomic mass is 16.4. The topological polar surface area (TPSA) is 91.6 Å². The highest BCUT2D eigenvalue weighted by molar-refractivity contribution is 5.96. The van der Waals surface area contributed by atoms with Gasteiger partial charge in [0.05, 0.1) is 17.7 Å². The van der Waals surface area contributed by atoms with E-state index in [0.29, 0.717) is 35.2 Å². The Morgan fingerprint density at radius 2 is 2.00 bits per heavy atom. The van der Waals surface area contributed by atoms with E-state index in [1.807, 2.05) is 18.2 Å². The van der Waals surface area contributed by atoms with Gasteiger partial charge in [-0.15, -0.1) is 0 Å². The van der Waals surface area contributed by atoms with Crippen molar-refractivity contribution in [3.63, 3.8) is 0 Å². The van der Waals surface area contributed by atoms with Gasteiger partial charge in [0.2, 0.25) is 0 Å². The quantitative estimate of drug-likeness (QED) is 0.618. The van der Waals surface area contributed by atoms with Crippen LogP contribution in [0.5, 0.6) is 0 Å². The van der Waals surface area contributed by atoms with Crippen molar-refractivity contribution in [2.45, 2.75) is 18.6 Å². The first-order chi connectivity index (χ1) is 13.1. The molecule has 0 bridgehead atoms. The van der Waals surface area contributed by atoms with Gasteiger partial charge in [-0.3, -0.25) is 4.79 Å². The molecule has 3 aromatic rings. The Bertz CT molecular complexity index is 1040. The first kappa shape index (κ1) is 17.5. The summed E-state index contributed by atoms with van der Waals surface area (Å²) in [5.74, 6) is -0.283. The summed E-state index contributed by atoms with van der Waals surface area (Å²) in [6.07, 6.45) is 0.0364. The summed E-state index contributed by atoms with van der Waals surface area (Å²) in [5, 5.41) is 16.9. The molecule has 0 aliphatic carbocycles. The number of hydrogen-bond donors (Lipinski definition) is 3. The molecule has 138 valence electrons. The summed E-state index contributed by atoms with van der Waals surface area (Å²) in [7, 11) is 0. The van der Waals surface area contributed by atoms with Crippen LogP contribution in [0.4, 0.5) is 0 Å². The molecule has 2 atom stereocenters. The minimum absolute atomic E-state index is 0.283. The van der Waals surface area contributed by atoms with E-state index in [2.05, 4.69) is 10.6 Å². The van der Waals surface area contributed by atoms with E-state index in [4.69, 9.17) is 4.42 Å². The first-order valence-electron chi connectivity index (χ1n) is 8.95. The van der Waals surface area contributed by atoms with Gasteiger partial charge < -0.3 is 20.2 Å². The SMILES string of the molecule is O=C(N[C@@H]1CNCC[C@H]1O)c1cccc(-c2cc3ccccc3oc2=O)c1. The number of amides is 1. The van der Waals surface area contributed by atoms with Crippen molar-refractivity contribution in [3.05, 3.63) is 70.6 Å². The molecule has 0 unspecified atom stereocenters. The molecule has 4 rings (SSSR count). The van der Waals surface area contributed by atoms with Gasteiger partial charge in [-0.1, -0.05) is 30.3 Å². The van der Waals surface area contributed by atoms with Crippen LogP contribution in [0.1, 0.15) is 16.8 Å². The van der Waals surface area contributed by atoms with Gasteiger partial charge in [0, 0.05) is 17.5 Å². The number of fused-ring (bicyclic) bond motifs is 1. The van der Waals surface area contributed by atoms with Crippen molar-refractivity contribution in [3.8, 4) is 11.1 Å². The van der Waals surface area contributed by atoms with Crippen molar-refractivity contribution < 1.29 is 14.3 Å². The van der Waals surface area contributed by atoms with E-state index >= 15 is 0 Å². The Morgan fingerprint density at radius 1 is 1.15 bits per heavy atom. The number of piperidine rings is 1. The summed E-state index contributed by atoms with van der Waals surface area (Å²) in [6.45, 7) is 1.27. The smallest absolute Gasteiger partial charge is 0.344 e. The van der Waals surface area contributed by atoms with Crippen molar-refractivity contribution in [1.29, 1.82) is 0 Å². The van der Waals surface area contributed by atoms with Gasteiger partial charge in [-0.25, -0.2) is 4.79 Å². The van der Waals surface area contributed by atoms with Crippen LogP contribution in [0, 0.1) is 0 Å². The number of aliphatic hydroxyl groups is 1. The van der Waals surface area contributed by atoms with Crippen molar-refractivity contribution in [1.82, 2.24) is 10.6 Å². The van der Waals surface area contributed by atoms with Gasteiger partial charge in [-0.05, 0) is 42.8 Å². The monoisotopic (exact) mass is 364 g/mol. The fraction of sp³-hybridized carbons (Fsp3) is 0.238. The molecule has 2 heterocycles. The highest BCUT2D eigenvalue weighted by Crippen LogP contribution is 2.22. The largest absolute Gasteiger partial charge is 0.422 e. The molecule has 1 amide bonds. The molecule has 1 fully saturated rings. The minimum Gasteiger partial charge on any atom is -0.422 e. The lowest BCUT2D eigenvalue weighted by Crippen LogP contribution is -2.53. The lowest BCUT2D eigenvalue weighted by molar-refractivity contribution is 0.0755. The number of para-hydroxylation sites is 1. The Hall–Kier alpha value is -2.96. The number of nitrogens with one attached hydrogen (secondary N) is 2. The van der Waals surface area contributed by atoms with E-state index in [9.17, 15) is 14.7 Å². The second-order valence-corrected chi connectivity index (χ2v) is 6.71. The zero-order chi connectivity index (χ0) is 18.8. The Kier molecular flexibility index (Phi) is 4.75. The van der Waals surface area contributed by atoms with Crippen molar-refractivity contribution >= 4 is 16.9 Å². The lowest BCUT2D eigenvalue weighted by atomic mass is 10.0. The fourth-order valence-corrected chi connectivity index (χ4v) is 3.33. The van der Waals surface area contributed by atoms with Crippen molar-refractivity contribution in [2.75, 3.05) is 13.1 Å². The predicted octanol–water partition coefficient (Wildman–Crippen LogP) is 1.91. The van der Waals surface area contributed by atoms with Gasteiger partial charge in [0.15, 0.2) is 0 Å². The van der Waals surface area contributed by atoms with Crippen LogP contribution in [0.2, 0.25) is 0 Å². The van der Waals surface area contributed by atoms with E-state index in [1.54, 1.807) is 36.4 Å². The molecule has 1 aliphatic heterocycles. The van der Waals surface area contributed by atoms with E-state index in [-0.39, 0.29) is 11.9 Å². The van der Waals surface area contributed by atoms with Crippen molar-refractivity contribution in [2.24, 2.45) is 0 Å². The van der Waals surface area contributed by atoms with E-state index < -0.39 is 11.7 Å². The van der Waals surface area contributed by atoms with Crippen LogP contribution in [0.25, 0.3) is 22.1 Å². The molecule has 6 nitrogen and oxygen atoms in total. The minimum atomic E-state index is -0.564. The number of rotatable bonds is 3. The molecule has 1 saturated heterocycles. The highest BCUT2D eigenvalue weighted by Gasteiger charge is 2.24. The normalized spacial score (nSPS) is 19.7. The molecule has 27 heavy (non-hydrogen) atoms. The predicted molar refractivity (Wildman–Crippen MR) is 103 cm³/mol. The second kappa shape index (κ2) is 7.34. The average Bonchev–Trinajstić information content (AvgIpc) is 2.69. The third-order valence-corrected chi connectivity index (χ3v) is 4.84. The van der Waals surface area contributed by atoms with Crippen LogP contribution < -0.4 is 16.3 Å². The Morgan fingerprint density at radius 3 is 2.85 bits per heavy atom. The van der Waals surface area contributed by atoms with Gasteiger partial charge in [0.25, 0.3) is 5.91 Å². The molecule has 0 radical (unpaired) electrons. The Balaban J connectivity index is 1.63. The summed E-state index contributed by atoms with van der Waals surface area (Å²) in [6, 6.07) is 15.6. The summed E-state index contributed by atoms with van der Waals surface area (Å²) in [4.78, 5) is 25.0. The third-order valence-electron chi connectivity index (χ3n) is 4.84. The van der Waals surface area contributed by atoms with E-state index in [0.717, 1.165) is 11.9 Å². The van der Waals surface area contributed by atoms with Crippen LogP contribution >= 0.6 is 0 Å². The zero-order valence-corrected chi connectivity index (χ0v) is 14.6. The zero-order valence-electron chi connectivity index (χ0n) is 14.6. The van der Waals surface area contributed by atoms with Crippen LogP contribution in [0.15, 0.2) is 63.8 Å². The van der Waals surface area contributed by atoms with Gasteiger partial charge in [-0.2, -0.15) is 0 Å². The van der Waals surface area contributed by atoms with Gasteiger partial charge >= 0.3 is 5.63 Å². The molecule has 0 spiro atoms. The summed E-state index contributed by atoms with van der Waals surface area (Å²) < 4.78 is 5.39. The Labute approximate surface area is 155 Å². The molecule has 1 aliphatic rings. The average molecular weight is 364 g/mol. The number of carbonyl (C=O) groups excluding carboxylic acids is 1. The number of hydrogen-bond acceptors (Lipinski definition) is 5. The molecule has 1 aromatic heterocycles. The van der Waals surface area contributed by atoms with Gasteiger partial charge in [0.1, 0.15) is 5.58 Å². The third kappa shape index (κ3) is 3.63. The number of carbonyl (C=O) groups is 1. The number of aliphatic hydroxyl groups excluding tert-OH is 1. The second-order valence-electron chi connectivity index (χ2n) is 6.71. The maximum atomic E-state index is 12.6. The molecule has 0 saturated carbocycles. The molecule has 2 aromatic carbocycles. The standard InChI is InChI=1S/C21H20N2O4/c24-18-8-9-22-12-17(18)23-20(25)15-6-3-5-13(10-15)16-11-14-4-1-2-7-19(14)27-21(16)26/h1-7,10-11,17-18,22,24H,8-9,12H2,(H,23,25)/t17-,18-/m1/s1. The number of benzene rings is 2. The molecular weight excluding hydrogens is 344 g/mol. The molecule has 3 N–H and O–H groups in total. The summed E-state index contributed by atoms with van der Waals surface area (Å²) >= 11 is 0.